The highest BCUT2D eigenvalue weighted by atomic mass is 79.9. The molecule has 0 aliphatic carbocycles. The minimum atomic E-state index is 0.00136. The van der Waals surface area contributed by atoms with Crippen LogP contribution in [0.5, 0.6) is 5.75 Å². The summed E-state index contributed by atoms with van der Waals surface area (Å²) in [5, 5.41) is 1.91. The lowest BCUT2D eigenvalue weighted by Crippen LogP contribution is -2.34. The Morgan fingerprint density at radius 1 is 1.41 bits per heavy atom. The molecule has 0 N–H and O–H groups in total. The lowest BCUT2D eigenvalue weighted by molar-refractivity contribution is 0.0884. The number of thiophene rings is 1. The number of piperidine rings is 1. The molecular weight excluding hydrogens is 492 g/mol. The zero-order chi connectivity index (χ0) is 19.2. The maximum absolute atomic E-state index is 12.3. The first-order valence-electron chi connectivity index (χ1n) is 9.14. The van der Waals surface area contributed by atoms with Gasteiger partial charge in [0.25, 0.3) is 5.91 Å². The molecule has 0 radical (unpaired) electrons. The number of hydrogen-bond donors (Lipinski definition) is 0. The minimum Gasteiger partial charge on any atom is -0.492 e. The second kappa shape index (κ2) is 10.0. The van der Waals surface area contributed by atoms with Gasteiger partial charge in [0.1, 0.15) is 5.75 Å². The summed E-state index contributed by atoms with van der Waals surface area (Å²) in [5.41, 5.74) is 1.16. The van der Waals surface area contributed by atoms with Crippen LogP contribution in [-0.4, -0.2) is 48.0 Å². The van der Waals surface area contributed by atoms with Gasteiger partial charge in [0.05, 0.1) is 32.1 Å². The highest BCUT2D eigenvalue weighted by molar-refractivity contribution is 9.10. The molecule has 4 nitrogen and oxygen atoms in total. The molecule has 1 fully saturated rings. The monoisotopic (exact) mass is 514 g/mol. The summed E-state index contributed by atoms with van der Waals surface area (Å²) in [6.45, 7) is 3.66. The Balaban J connectivity index is 1.49. The minimum absolute atomic E-state index is 0.00136. The summed E-state index contributed by atoms with van der Waals surface area (Å²) in [4.78, 5) is 15.4. The lowest BCUT2D eigenvalue weighted by Gasteiger charge is -2.29. The van der Waals surface area contributed by atoms with Gasteiger partial charge in [-0.3, -0.25) is 8.72 Å². The van der Waals surface area contributed by atoms with E-state index in [9.17, 15) is 4.79 Å². The molecule has 2 heterocycles. The van der Waals surface area contributed by atoms with E-state index < -0.39 is 0 Å². The van der Waals surface area contributed by atoms with Crippen LogP contribution < -0.4 is 4.74 Å². The molecule has 1 aromatic heterocycles. The number of rotatable bonds is 7. The predicted octanol–water partition coefficient (Wildman–Crippen LogP) is 5.23. The predicted molar refractivity (Wildman–Crippen MR) is 118 cm³/mol. The molecule has 0 bridgehead atoms. The molecule has 1 saturated heterocycles. The van der Waals surface area contributed by atoms with Crippen molar-refractivity contribution in [2.24, 2.45) is 5.92 Å². The van der Waals surface area contributed by atoms with E-state index in [4.69, 9.17) is 4.74 Å². The Hall–Kier alpha value is -0.890. The highest BCUT2D eigenvalue weighted by Gasteiger charge is 2.18. The second-order valence-electron chi connectivity index (χ2n) is 6.96. The first-order chi connectivity index (χ1) is 13.0. The summed E-state index contributed by atoms with van der Waals surface area (Å²) >= 11 is 8.46. The second-order valence-corrected chi connectivity index (χ2v) is 9.62. The molecular formula is C20H24Br2N2O2S. The van der Waals surface area contributed by atoms with Gasteiger partial charge >= 0.3 is 0 Å². The fourth-order valence-corrected chi connectivity index (χ4v) is 4.98. The number of halogens is 2. The van der Waals surface area contributed by atoms with Crippen LogP contribution in [0.4, 0.5) is 0 Å². The van der Waals surface area contributed by atoms with Crippen LogP contribution in [0.1, 0.15) is 28.1 Å². The topological polar surface area (TPSA) is 32.8 Å². The van der Waals surface area contributed by atoms with Crippen molar-refractivity contribution in [1.82, 2.24) is 8.83 Å². The van der Waals surface area contributed by atoms with Gasteiger partial charge in [-0.15, -0.1) is 11.3 Å². The summed E-state index contributed by atoms with van der Waals surface area (Å²) in [5.74, 6) is 1.49. The molecule has 1 amide bonds. The van der Waals surface area contributed by atoms with Gasteiger partial charge in [-0.2, -0.15) is 0 Å². The third kappa shape index (κ3) is 6.04. The quantitative estimate of drug-likeness (QED) is 0.473. The van der Waals surface area contributed by atoms with Crippen molar-refractivity contribution in [2.75, 3.05) is 33.3 Å². The van der Waals surface area contributed by atoms with Crippen LogP contribution >= 0.6 is 43.4 Å². The van der Waals surface area contributed by atoms with Crippen LogP contribution in [0.3, 0.4) is 0 Å². The normalized spacial score (nSPS) is 17.7. The number of benzene rings is 1. The number of amides is 1. The Morgan fingerprint density at radius 2 is 2.26 bits per heavy atom. The van der Waals surface area contributed by atoms with E-state index >= 15 is 0 Å². The molecule has 1 unspecified atom stereocenters. The average molecular weight is 516 g/mol. The number of carbonyl (C=O) groups excluding carboxylic acids is 1. The Bertz CT molecular complexity index is 754. The van der Waals surface area contributed by atoms with Crippen molar-refractivity contribution in [3.8, 4) is 5.75 Å². The summed E-state index contributed by atoms with van der Waals surface area (Å²) < 4.78 is 8.61. The van der Waals surface area contributed by atoms with Gasteiger partial charge in [0, 0.05) is 19.0 Å². The SMILES string of the molecule is CN1CCCC(COc2ccc(CCN(Br)C(=O)c3cccs3)cc2Br)C1. The van der Waals surface area contributed by atoms with E-state index in [0.29, 0.717) is 12.5 Å². The van der Waals surface area contributed by atoms with Crippen molar-refractivity contribution in [2.45, 2.75) is 19.3 Å². The van der Waals surface area contributed by atoms with Gasteiger partial charge in [-0.1, -0.05) is 12.1 Å². The number of carbonyl (C=O) groups is 1. The maximum Gasteiger partial charge on any atom is 0.273 e. The molecule has 0 spiro atoms. The van der Waals surface area contributed by atoms with E-state index in [1.54, 1.807) is 3.93 Å². The van der Waals surface area contributed by atoms with E-state index in [1.165, 1.54) is 30.7 Å². The van der Waals surface area contributed by atoms with Gasteiger partial charge in [-0.25, -0.2) is 0 Å². The van der Waals surface area contributed by atoms with Crippen molar-refractivity contribution in [3.05, 3.63) is 50.6 Å². The zero-order valence-electron chi connectivity index (χ0n) is 15.4. The average Bonchev–Trinajstić information content (AvgIpc) is 3.19. The molecule has 7 heteroatoms. The lowest BCUT2D eigenvalue weighted by atomic mass is 9.99. The Kier molecular flexibility index (Phi) is 7.75. The highest BCUT2D eigenvalue weighted by Crippen LogP contribution is 2.28. The van der Waals surface area contributed by atoms with Crippen LogP contribution in [0.15, 0.2) is 40.2 Å². The van der Waals surface area contributed by atoms with Crippen molar-refractivity contribution in [1.29, 1.82) is 0 Å². The first kappa shape index (κ1) is 20.8. The van der Waals surface area contributed by atoms with E-state index in [-0.39, 0.29) is 5.91 Å². The van der Waals surface area contributed by atoms with Gasteiger partial charge < -0.3 is 9.64 Å². The molecule has 1 aliphatic heterocycles. The van der Waals surface area contributed by atoms with Crippen molar-refractivity contribution in [3.63, 3.8) is 0 Å². The van der Waals surface area contributed by atoms with Crippen molar-refractivity contribution >= 4 is 49.3 Å². The molecule has 1 aromatic carbocycles. The molecule has 27 heavy (non-hydrogen) atoms. The number of likely N-dealkylation sites (tertiary alicyclic amines) is 1. The van der Waals surface area contributed by atoms with E-state index in [1.807, 2.05) is 23.6 Å². The summed E-state index contributed by atoms with van der Waals surface area (Å²) in [6.07, 6.45) is 3.26. The van der Waals surface area contributed by atoms with Crippen LogP contribution in [0.25, 0.3) is 0 Å². The van der Waals surface area contributed by atoms with Crippen molar-refractivity contribution < 1.29 is 9.53 Å². The van der Waals surface area contributed by atoms with Gasteiger partial charge in [0.15, 0.2) is 0 Å². The number of nitrogens with zero attached hydrogens (tertiary/aromatic N) is 2. The molecule has 2 aromatic rings. The van der Waals surface area contributed by atoms with E-state index in [2.05, 4.69) is 56.2 Å². The van der Waals surface area contributed by atoms with Gasteiger partial charge in [0.2, 0.25) is 0 Å². The van der Waals surface area contributed by atoms with E-state index in [0.717, 1.165) is 40.2 Å². The number of ether oxygens (including phenoxy) is 1. The summed E-state index contributed by atoms with van der Waals surface area (Å²) in [7, 11) is 2.17. The molecule has 1 atom stereocenters. The van der Waals surface area contributed by atoms with Crippen LogP contribution in [-0.2, 0) is 6.42 Å². The fraction of sp³-hybridized carbons (Fsp3) is 0.450. The molecule has 146 valence electrons. The third-order valence-corrected chi connectivity index (χ3v) is 6.90. The molecule has 3 rings (SSSR count). The fourth-order valence-electron chi connectivity index (χ4n) is 3.28. The molecule has 0 saturated carbocycles. The molecule has 1 aliphatic rings. The Morgan fingerprint density at radius 3 is 2.96 bits per heavy atom. The Labute approximate surface area is 182 Å². The summed E-state index contributed by atoms with van der Waals surface area (Å²) in [6, 6.07) is 9.90. The maximum atomic E-state index is 12.3. The third-order valence-electron chi connectivity index (χ3n) is 4.74. The first-order valence-corrected chi connectivity index (χ1v) is 11.5. The smallest absolute Gasteiger partial charge is 0.273 e. The number of hydrogen-bond acceptors (Lipinski definition) is 4. The van der Waals surface area contributed by atoms with Gasteiger partial charge in [-0.05, 0) is 77.9 Å². The standard InChI is InChI=1S/C20H24Br2N2O2S/c1-23-9-2-4-16(13-23)14-26-18-7-6-15(12-17(18)21)8-10-24(22)20(25)19-5-3-11-27-19/h3,5-7,11-12,16H,2,4,8-10,13-14H2,1H3. The van der Waals surface area contributed by atoms with Crippen LogP contribution in [0.2, 0.25) is 0 Å². The van der Waals surface area contributed by atoms with Crippen LogP contribution in [0, 0.1) is 5.92 Å². The largest absolute Gasteiger partial charge is 0.492 e. The zero-order valence-corrected chi connectivity index (χ0v) is 19.4.